The molecular weight excluding hydrogens is 172 g/mol. The van der Waals surface area contributed by atoms with Gasteiger partial charge >= 0.3 is 0 Å². The largest absolute Gasteiger partial charge is 0.497 e. The molecule has 0 fully saturated rings. The number of hydrogen-bond donors (Lipinski definition) is 0. The normalized spacial score (nSPS) is 10.4. The molecule has 1 radical (unpaired) electrons. The molecule has 0 heterocycles. The summed E-state index contributed by atoms with van der Waals surface area (Å²) in [6.07, 6.45) is 0.835. The molecule has 0 N–H and O–H groups in total. The van der Waals surface area contributed by atoms with Crippen molar-refractivity contribution in [1.82, 2.24) is 0 Å². The van der Waals surface area contributed by atoms with Gasteiger partial charge in [0.15, 0.2) is 0 Å². The van der Waals surface area contributed by atoms with Gasteiger partial charge in [-0.15, -0.1) is 0 Å². The predicted molar refractivity (Wildman–Crippen MR) is 59.6 cm³/mol. The van der Waals surface area contributed by atoms with Gasteiger partial charge in [0.25, 0.3) is 0 Å². The Balaban J connectivity index is 2.57. The van der Waals surface area contributed by atoms with Crippen molar-refractivity contribution in [3.05, 3.63) is 48.9 Å². The van der Waals surface area contributed by atoms with Crippen LogP contribution in [0.25, 0.3) is 10.8 Å². The van der Waals surface area contributed by atoms with Crippen LogP contribution in [-0.2, 0) is 6.42 Å². The van der Waals surface area contributed by atoms with E-state index in [1.54, 1.807) is 7.11 Å². The summed E-state index contributed by atoms with van der Waals surface area (Å²) < 4.78 is 5.17. The molecule has 0 aromatic heterocycles. The van der Waals surface area contributed by atoms with Crippen LogP contribution in [0.1, 0.15) is 5.56 Å². The van der Waals surface area contributed by atoms with Crippen LogP contribution in [0, 0.1) is 6.92 Å². The molecule has 0 unspecified atom stereocenters. The Morgan fingerprint density at radius 1 is 1.07 bits per heavy atom. The van der Waals surface area contributed by atoms with Gasteiger partial charge in [0.05, 0.1) is 7.11 Å². The Hall–Kier alpha value is -1.50. The van der Waals surface area contributed by atoms with E-state index < -0.39 is 0 Å². The van der Waals surface area contributed by atoms with Crippen LogP contribution in [0.2, 0.25) is 0 Å². The summed E-state index contributed by atoms with van der Waals surface area (Å²) in [7, 11) is 1.69. The zero-order chi connectivity index (χ0) is 9.97. The fraction of sp³-hybridized carbons (Fsp3) is 0.154. The molecule has 0 aliphatic carbocycles. The first kappa shape index (κ1) is 9.07. The van der Waals surface area contributed by atoms with Gasteiger partial charge in [0, 0.05) is 0 Å². The number of methoxy groups -OCH3 is 1. The molecule has 0 bridgehead atoms. The van der Waals surface area contributed by atoms with Crippen molar-refractivity contribution >= 4 is 10.8 Å². The van der Waals surface area contributed by atoms with Gasteiger partial charge in [-0.25, -0.2) is 0 Å². The van der Waals surface area contributed by atoms with Crippen molar-refractivity contribution in [1.29, 1.82) is 0 Å². The number of rotatable bonds is 2. The maximum absolute atomic E-state index is 5.17. The van der Waals surface area contributed by atoms with E-state index in [9.17, 15) is 0 Å². The molecule has 14 heavy (non-hydrogen) atoms. The van der Waals surface area contributed by atoms with Crippen LogP contribution in [0.3, 0.4) is 0 Å². The van der Waals surface area contributed by atoms with Crippen LogP contribution in [0.5, 0.6) is 5.75 Å². The van der Waals surface area contributed by atoms with Gasteiger partial charge in [0.1, 0.15) is 5.75 Å². The predicted octanol–water partition coefficient (Wildman–Crippen LogP) is 3.22. The third-order valence-electron chi connectivity index (χ3n) is 2.40. The molecule has 2 rings (SSSR count). The van der Waals surface area contributed by atoms with E-state index in [0.29, 0.717) is 0 Å². The van der Waals surface area contributed by atoms with E-state index in [1.807, 2.05) is 12.1 Å². The molecule has 0 saturated heterocycles. The number of hydrogen-bond acceptors (Lipinski definition) is 1. The second-order valence-corrected chi connectivity index (χ2v) is 3.30. The van der Waals surface area contributed by atoms with Gasteiger partial charge in [0.2, 0.25) is 0 Å². The average Bonchev–Trinajstić information content (AvgIpc) is 2.27. The van der Waals surface area contributed by atoms with Crippen LogP contribution in [0.4, 0.5) is 0 Å². The molecule has 2 aromatic rings. The van der Waals surface area contributed by atoms with Crippen molar-refractivity contribution in [3.63, 3.8) is 0 Å². The minimum Gasteiger partial charge on any atom is -0.497 e. The topological polar surface area (TPSA) is 9.23 Å². The van der Waals surface area contributed by atoms with Crippen molar-refractivity contribution < 1.29 is 4.74 Å². The first-order valence-electron chi connectivity index (χ1n) is 4.69. The Labute approximate surface area is 84.3 Å². The van der Waals surface area contributed by atoms with Crippen molar-refractivity contribution in [2.24, 2.45) is 0 Å². The highest BCUT2D eigenvalue weighted by Gasteiger charge is 1.97. The fourth-order valence-electron chi connectivity index (χ4n) is 1.56. The highest BCUT2D eigenvalue weighted by Crippen LogP contribution is 2.21. The van der Waals surface area contributed by atoms with E-state index in [1.165, 1.54) is 16.3 Å². The maximum atomic E-state index is 5.17. The van der Waals surface area contributed by atoms with Gasteiger partial charge < -0.3 is 4.74 Å². The van der Waals surface area contributed by atoms with E-state index in [4.69, 9.17) is 4.74 Å². The average molecular weight is 185 g/mol. The van der Waals surface area contributed by atoms with Gasteiger partial charge in [-0.05, 0) is 41.8 Å². The lowest BCUT2D eigenvalue weighted by molar-refractivity contribution is 0.415. The molecule has 0 atom stereocenters. The molecule has 71 valence electrons. The third kappa shape index (κ3) is 1.58. The summed E-state index contributed by atoms with van der Waals surface area (Å²) in [5.41, 5.74) is 1.27. The van der Waals surface area contributed by atoms with Crippen molar-refractivity contribution in [2.75, 3.05) is 7.11 Å². The summed E-state index contributed by atoms with van der Waals surface area (Å²) in [4.78, 5) is 0. The van der Waals surface area contributed by atoms with Crippen LogP contribution in [-0.4, -0.2) is 7.11 Å². The second-order valence-electron chi connectivity index (χ2n) is 3.30. The van der Waals surface area contributed by atoms with E-state index in [0.717, 1.165) is 12.2 Å². The Bertz CT molecular complexity index is 403. The summed E-state index contributed by atoms with van der Waals surface area (Å²) in [6, 6.07) is 12.5. The van der Waals surface area contributed by atoms with Crippen LogP contribution >= 0.6 is 0 Å². The molecule has 0 aliphatic rings. The summed E-state index contributed by atoms with van der Waals surface area (Å²) >= 11 is 0. The standard InChI is InChI=1S/C13H13O/c1-3-10-4-5-12-9-13(14-2)7-6-11(12)8-10/h4-9H,1,3H2,2H3. The number of ether oxygens (including phenoxy) is 1. The van der Waals surface area contributed by atoms with E-state index >= 15 is 0 Å². The van der Waals surface area contributed by atoms with Crippen molar-refractivity contribution in [2.45, 2.75) is 6.42 Å². The van der Waals surface area contributed by atoms with Crippen LogP contribution < -0.4 is 4.74 Å². The Kier molecular flexibility index (Phi) is 2.40. The monoisotopic (exact) mass is 185 g/mol. The van der Waals surface area contributed by atoms with E-state index in [-0.39, 0.29) is 0 Å². The zero-order valence-corrected chi connectivity index (χ0v) is 8.29. The lowest BCUT2D eigenvalue weighted by Crippen LogP contribution is -1.84. The molecule has 1 nitrogen and oxygen atoms in total. The highest BCUT2D eigenvalue weighted by molar-refractivity contribution is 5.84. The molecule has 1 heteroatoms. The summed E-state index contributed by atoms with van der Waals surface area (Å²) in [6.45, 7) is 3.87. The fourth-order valence-corrected chi connectivity index (χ4v) is 1.56. The molecule has 2 aromatic carbocycles. The molecule has 0 saturated carbocycles. The number of benzene rings is 2. The van der Waals surface area contributed by atoms with E-state index in [2.05, 4.69) is 31.2 Å². The quantitative estimate of drug-likeness (QED) is 0.698. The van der Waals surface area contributed by atoms with Gasteiger partial charge in [-0.2, -0.15) is 0 Å². The first-order chi connectivity index (χ1) is 6.83. The smallest absolute Gasteiger partial charge is 0.119 e. The number of fused-ring (bicyclic) bond motifs is 1. The molecule has 0 amide bonds. The molecular formula is C13H13O. The maximum Gasteiger partial charge on any atom is 0.119 e. The highest BCUT2D eigenvalue weighted by atomic mass is 16.5. The first-order valence-corrected chi connectivity index (χ1v) is 4.69. The van der Waals surface area contributed by atoms with Crippen LogP contribution in [0.15, 0.2) is 36.4 Å². The molecule has 0 aliphatic heterocycles. The lowest BCUT2D eigenvalue weighted by Gasteiger charge is -2.03. The molecule has 0 spiro atoms. The zero-order valence-electron chi connectivity index (χ0n) is 8.29. The SMILES string of the molecule is [CH2]Cc1ccc2cc(OC)ccc2c1. The minimum absolute atomic E-state index is 0.835. The Morgan fingerprint density at radius 3 is 2.50 bits per heavy atom. The lowest BCUT2D eigenvalue weighted by atomic mass is 10.1. The minimum atomic E-state index is 0.835. The third-order valence-corrected chi connectivity index (χ3v) is 2.40. The second kappa shape index (κ2) is 3.70. The Morgan fingerprint density at radius 2 is 1.79 bits per heavy atom. The van der Waals surface area contributed by atoms with Gasteiger partial charge in [-0.1, -0.05) is 24.3 Å². The summed E-state index contributed by atoms with van der Waals surface area (Å²) in [5.74, 6) is 0.903. The summed E-state index contributed by atoms with van der Waals surface area (Å²) in [5, 5.41) is 2.45. The van der Waals surface area contributed by atoms with Crippen molar-refractivity contribution in [3.8, 4) is 5.75 Å². The van der Waals surface area contributed by atoms with Gasteiger partial charge in [-0.3, -0.25) is 0 Å².